The highest BCUT2D eigenvalue weighted by Crippen LogP contribution is 2.45. The zero-order valence-corrected chi connectivity index (χ0v) is 28.6. The Morgan fingerprint density at radius 2 is 1.65 bits per heavy atom. The van der Waals surface area contributed by atoms with Crippen LogP contribution in [0.4, 0.5) is 5.82 Å². The van der Waals surface area contributed by atoms with E-state index < -0.39 is 62.3 Å². The Labute approximate surface area is 268 Å². The normalized spacial score (nSPS) is 25.9. The van der Waals surface area contributed by atoms with Crippen molar-refractivity contribution in [3.8, 4) is 0 Å². The first kappa shape index (κ1) is 36.1. The highest BCUT2D eigenvalue weighted by molar-refractivity contribution is 7.54. The van der Waals surface area contributed by atoms with Gasteiger partial charge in [-0.05, 0) is 51.4 Å². The highest BCUT2D eigenvalue weighted by atomic mass is 31.2. The standard InChI is InChI=1S/C29H48N7O9P/c1-15(2)11-19(26(38)42-7)34-46(41,35-20(12-16(3)4)27(39)43-8)44-13-21-23(37)29(6,40)28(45-21)36-14-30-22-24(33-18-9-10-18)31-17(5)32-25(22)36/h14-16,18-21,23,28,37,40H,9-13H2,1-8H3,(H,31,32,33)(H2,34,35,41)/t19?,20?,21-,23+,28-,29?,46?/m1/s1. The lowest BCUT2D eigenvalue weighted by molar-refractivity contribution is -0.143. The van der Waals surface area contributed by atoms with E-state index in [0.29, 0.717) is 28.8 Å². The number of aryl methyl sites for hydroxylation is 1. The van der Waals surface area contributed by atoms with Crippen LogP contribution in [0.5, 0.6) is 0 Å². The van der Waals surface area contributed by atoms with E-state index in [1.54, 1.807) is 6.92 Å². The van der Waals surface area contributed by atoms with Crippen LogP contribution < -0.4 is 15.5 Å². The summed E-state index contributed by atoms with van der Waals surface area (Å²) in [5.74, 6) is -0.272. The third-order valence-electron chi connectivity index (χ3n) is 7.92. The lowest BCUT2D eigenvalue weighted by Gasteiger charge is -2.30. The number of nitrogens with one attached hydrogen (secondary N) is 3. The zero-order valence-electron chi connectivity index (χ0n) is 27.7. The molecule has 0 spiro atoms. The van der Waals surface area contributed by atoms with Gasteiger partial charge in [0.05, 0.1) is 27.2 Å². The number of aliphatic hydroxyl groups is 2. The monoisotopic (exact) mass is 669 g/mol. The summed E-state index contributed by atoms with van der Waals surface area (Å²) in [5, 5.41) is 31.6. The molecule has 1 aliphatic carbocycles. The number of hydrogen-bond donors (Lipinski definition) is 5. The first-order valence-electron chi connectivity index (χ1n) is 15.6. The van der Waals surface area contributed by atoms with Gasteiger partial charge in [0.25, 0.3) is 0 Å². The van der Waals surface area contributed by atoms with E-state index in [0.717, 1.165) is 12.8 Å². The predicted octanol–water partition coefficient (Wildman–Crippen LogP) is 2.20. The number of anilines is 1. The van der Waals surface area contributed by atoms with Crippen molar-refractivity contribution in [2.75, 3.05) is 26.1 Å². The number of ether oxygens (including phenoxy) is 3. The summed E-state index contributed by atoms with van der Waals surface area (Å²) < 4.78 is 37.8. The third kappa shape index (κ3) is 8.40. The number of carbonyl (C=O) groups excluding carboxylic acids is 2. The molecule has 2 fully saturated rings. The summed E-state index contributed by atoms with van der Waals surface area (Å²) in [6.07, 6.45) is 0.170. The van der Waals surface area contributed by atoms with Crippen molar-refractivity contribution < 1.29 is 43.1 Å². The fourth-order valence-corrected chi connectivity index (χ4v) is 7.25. The van der Waals surface area contributed by atoms with Gasteiger partial charge in [0.1, 0.15) is 35.7 Å². The van der Waals surface area contributed by atoms with E-state index in [-0.39, 0.29) is 24.7 Å². The maximum Gasteiger partial charge on any atom is 0.342 e. The fraction of sp³-hybridized carbons (Fsp3) is 0.759. The Kier molecular flexibility index (Phi) is 11.5. The van der Waals surface area contributed by atoms with Crippen LogP contribution in [0.2, 0.25) is 0 Å². The molecule has 1 saturated heterocycles. The number of methoxy groups -OCH3 is 2. The molecule has 2 aliphatic rings. The lowest BCUT2D eigenvalue weighted by Crippen LogP contribution is -2.46. The molecule has 3 heterocycles. The summed E-state index contributed by atoms with van der Waals surface area (Å²) in [4.78, 5) is 38.8. The number of rotatable bonds is 16. The molecule has 4 rings (SSSR count). The molecule has 1 saturated carbocycles. The van der Waals surface area contributed by atoms with Crippen molar-refractivity contribution >= 4 is 36.6 Å². The quantitative estimate of drug-likeness (QED) is 0.128. The molecule has 6 atom stereocenters. The molecule has 0 bridgehead atoms. The number of carbonyl (C=O) groups is 2. The molecule has 16 nitrogen and oxygen atoms in total. The molecule has 46 heavy (non-hydrogen) atoms. The Hall–Kier alpha value is -2.72. The van der Waals surface area contributed by atoms with E-state index in [1.165, 1.54) is 32.0 Å². The molecule has 17 heteroatoms. The van der Waals surface area contributed by atoms with Crippen LogP contribution in [0.15, 0.2) is 6.33 Å². The van der Waals surface area contributed by atoms with Crippen molar-refractivity contribution in [3.05, 3.63) is 12.2 Å². The Balaban J connectivity index is 1.61. The van der Waals surface area contributed by atoms with Crippen LogP contribution in [0, 0.1) is 18.8 Å². The van der Waals surface area contributed by atoms with Crippen molar-refractivity contribution in [1.82, 2.24) is 29.7 Å². The second-order valence-corrected chi connectivity index (χ2v) is 15.0. The fourth-order valence-electron chi connectivity index (χ4n) is 5.43. The number of nitrogens with zero attached hydrogens (tertiary/aromatic N) is 4. The molecule has 0 amide bonds. The van der Waals surface area contributed by atoms with Gasteiger partial charge < -0.3 is 34.3 Å². The SMILES string of the molecule is COC(=O)C(CC(C)C)NP(=O)(NC(CC(C)C)C(=O)OC)OC[C@H]1O[C@@H](n2cnc3c(NC4CC4)nc(C)nc32)C(C)(O)[C@H]1O. The van der Waals surface area contributed by atoms with Crippen LogP contribution in [0.25, 0.3) is 11.2 Å². The van der Waals surface area contributed by atoms with E-state index >= 15 is 0 Å². The minimum atomic E-state index is -4.26. The minimum Gasteiger partial charge on any atom is -0.468 e. The van der Waals surface area contributed by atoms with E-state index in [9.17, 15) is 24.4 Å². The van der Waals surface area contributed by atoms with Gasteiger partial charge in [-0.15, -0.1) is 0 Å². The number of aromatic nitrogens is 4. The van der Waals surface area contributed by atoms with Crippen molar-refractivity contribution in [1.29, 1.82) is 0 Å². The van der Waals surface area contributed by atoms with Gasteiger partial charge >= 0.3 is 19.6 Å². The van der Waals surface area contributed by atoms with Gasteiger partial charge in [-0.2, -0.15) is 0 Å². The van der Waals surface area contributed by atoms with Gasteiger partial charge in [0.2, 0.25) is 0 Å². The number of imidazole rings is 1. The Morgan fingerprint density at radius 3 is 2.15 bits per heavy atom. The van der Waals surface area contributed by atoms with Crippen LogP contribution in [-0.4, -0.2) is 98.4 Å². The smallest absolute Gasteiger partial charge is 0.342 e. The van der Waals surface area contributed by atoms with Crippen LogP contribution in [0.3, 0.4) is 0 Å². The van der Waals surface area contributed by atoms with Crippen LogP contribution in [-0.2, 0) is 32.9 Å². The molecule has 0 radical (unpaired) electrons. The van der Waals surface area contributed by atoms with Crippen LogP contribution >= 0.6 is 7.67 Å². The molecular formula is C29H48N7O9P. The molecule has 0 aromatic carbocycles. The Bertz CT molecular complexity index is 1400. The van der Waals surface area contributed by atoms with Crippen molar-refractivity contribution in [2.45, 2.75) is 109 Å². The minimum absolute atomic E-state index is 0.00500. The summed E-state index contributed by atoms with van der Waals surface area (Å²) in [6.45, 7) is 10.2. The average molecular weight is 670 g/mol. The zero-order chi connectivity index (χ0) is 34.0. The van der Waals surface area contributed by atoms with Crippen molar-refractivity contribution in [2.24, 2.45) is 11.8 Å². The van der Waals surface area contributed by atoms with Gasteiger partial charge in [0, 0.05) is 6.04 Å². The molecule has 5 N–H and O–H groups in total. The number of aliphatic hydroxyl groups excluding tert-OH is 1. The van der Waals surface area contributed by atoms with Crippen LogP contribution in [0.1, 0.15) is 72.4 Å². The summed E-state index contributed by atoms with van der Waals surface area (Å²) in [5.41, 5.74) is -0.969. The van der Waals surface area contributed by atoms with Gasteiger partial charge in [0.15, 0.2) is 23.2 Å². The summed E-state index contributed by atoms with van der Waals surface area (Å²) in [6, 6.07) is -1.79. The first-order valence-corrected chi connectivity index (χ1v) is 17.2. The second-order valence-electron chi connectivity index (χ2n) is 13.1. The molecule has 2 aromatic heterocycles. The van der Waals surface area contributed by atoms with E-state index in [4.69, 9.17) is 18.7 Å². The van der Waals surface area contributed by atoms with Crippen molar-refractivity contribution in [3.63, 3.8) is 0 Å². The lowest BCUT2D eigenvalue weighted by atomic mass is 9.96. The van der Waals surface area contributed by atoms with Gasteiger partial charge in [-0.3, -0.25) is 18.7 Å². The molecule has 1 aliphatic heterocycles. The molecule has 2 aromatic rings. The second kappa shape index (κ2) is 14.6. The Morgan fingerprint density at radius 1 is 1.09 bits per heavy atom. The average Bonchev–Trinajstić information content (AvgIpc) is 3.65. The number of hydrogen-bond acceptors (Lipinski definition) is 13. The summed E-state index contributed by atoms with van der Waals surface area (Å²) in [7, 11) is -1.83. The molecule has 3 unspecified atom stereocenters. The maximum atomic E-state index is 14.4. The topological polar surface area (TPSA) is 208 Å². The van der Waals surface area contributed by atoms with E-state index in [2.05, 4.69) is 30.4 Å². The number of fused-ring (bicyclic) bond motifs is 1. The molecule has 258 valence electrons. The van der Waals surface area contributed by atoms with E-state index in [1.807, 2.05) is 27.7 Å². The first-order chi connectivity index (χ1) is 21.6. The molecular weight excluding hydrogens is 621 g/mol. The largest absolute Gasteiger partial charge is 0.468 e. The predicted molar refractivity (Wildman–Crippen MR) is 168 cm³/mol. The maximum absolute atomic E-state index is 14.4. The van der Waals surface area contributed by atoms with Gasteiger partial charge in [-0.1, -0.05) is 27.7 Å². The highest BCUT2D eigenvalue weighted by Gasteiger charge is 2.54. The summed E-state index contributed by atoms with van der Waals surface area (Å²) >= 11 is 0. The van der Waals surface area contributed by atoms with Gasteiger partial charge in [-0.25, -0.2) is 25.1 Å². The third-order valence-corrected chi connectivity index (χ3v) is 9.73. The number of esters is 2.